The minimum atomic E-state index is -0.990. The highest BCUT2D eigenvalue weighted by Gasteiger charge is 2.19. The smallest absolute Gasteiger partial charge is 0.251 e. The summed E-state index contributed by atoms with van der Waals surface area (Å²) in [6.45, 7) is 1.54. The van der Waals surface area contributed by atoms with Gasteiger partial charge in [0.15, 0.2) is 0 Å². The lowest BCUT2D eigenvalue weighted by Gasteiger charge is -2.18. The molecule has 144 valence electrons. The monoisotopic (exact) mass is 372 g/mol. The summed E-state index contributed by atoms with van der Waals surface area (Å²) in [5.74, 6) is 0.316. The van der Waals surface area contributed by atoms with E-state index in [1.54, 1.807) is 55.5 Å². The molecule has 0 aromatic heterocycles. The zero-order chi connectivity index (χ0) is 19.8. The van der Waals surface area contributed by atoms with E-state index in [1.165, 1.54) is 14.2 Å². The molecule has 0 spiro atoms. The summed E-state index contributed by atoms with van der Waals surface area (Å²) < 4.78 is 10.4. The zero-order valence-electron chi connectivity index (χ0n) is 15.6. The van der Waals surface area contributed by atoms with Gasteiger partial charge in [0.2, 0.25) is 5.91 Å². The van der Waals surface area contributed by atoms with Gasteiger partial charge >= 0.3 is 0 Å². The standard InChI is InChI=1S/C20H24N2O5/c1-13(22-20(25)14-7-5-4-6-8-14)19(24)21-12-17(23)16-11-15(26-2)9-10-18(16)27-3/h4-11,13,17,23H,12H2,1-3H3,(H,21,24)(H,22,25). The molecule has 3 N–H and O–H groups in total. The van der Waals surface area contributed by atoms with Gasteiger partial charge in [-0.3, -0.25) is 9.59 Å². The van der Waals surface area contributed by atoms with E-state index in [1.807, 2.05) is 0 Å². The molecule has 2 aromatic carbocycles. The molecule has 2 rings (SSSR count). The summed E-state index contributed by atoms with van der Waals surface area (Å²) in [6.07, 6.45) is -0.990. The molecule has 2 unspecified atom stereocenters. The minimum Gasteiger partial charge on any atom is -0.497 e. The second kappa shape index (κ2) is 9.59. The number of methoxy groups -OCH3 is 2. The molecule has 0 fully saturated rings. The molecule has 7 nitrogen and oxygen atoms in total. The number of rotatable bonds is 8. The molecule has 7 heteroatoms. The van der Waals surface area contributed by atoms with Crippen LogP contribution in [0.25, 0.3) is 0 Å². The predicted molar refractivity (Wildman–Crippen MR) is 101 cm³/mol. The zero-order valence-corrected chi connectivity index (χ0v) is 15.6. The molecule has 0 heterocycles. The Balaban J connectivity index is 1.93. The molecular weight excluding hydrogens is 348 g/mol. The third-order valence-corrected chi connectivity index (χ3v) is 4.04. The average Bonchev–Trinajstić information content (AvgIpc) is 2.71. The number of hydrogen-bond acceptors (Lipinski definition) is 5. The van der Waals surface area contributed by atoms with Gasteiger partial charge in [0, 0.05) is 17.7 Å². The molecule has 2 atom stereocenters. The Morgan fingerprint density at radius 2 is 1.78 bits per heavy atom. The average molecular weight is 372 g/mol. The number of carbonyl (C=O) groups excluding carboxylic acids is 2. The lowest BCUT2D eigenvalue weighted by molar-refractivity contribution is -0.123. The van der Waals surface area contributed by atoms with Crippen molar-refractivity contribution in [2.75, 3.05) is 20.8 Å². The Kier molecular flexibility index (Phi) is 7.19. The molecule has 0 saturated carbocycles. The number of benzene rings is 2. The summed E-state index contributed by atoms with van der Waals surface area (Å²) in [6, 6.07) is 12.9. The lowest BCUT2D eigenvalue weighted by Crippen LogP contribution is -2.45. The first-order valence-electron chi connectivity index (χ1n) is 8.50. The van der Waals surface area contributed by atoms with Gasteiger partial charge in [-0.15, -0.1) is 0 Å². The molecule has 0 bridgehead atoms. The summed E-state index contributed by atoms with van der Waals surface area (Å²) in [7, 11) is 3.02. The number of nitrogens with one attached hydrogen (secondary N) is 2. The van der Waals surface area contributed by atoms with Crippen molar-refractivity contribution in [1.82, 2.24) is 10.6 Å². The van der Waals surface area contributed by atoms with Gasteiger partial charge < -0.3 is 25.2 Å². The van der Waals surface area contributed by atoms with Crippen molar-refractivity contribution in [3.63, 3.8) is 0 Å². The summed E-state index contributed by atoms with van der Waals surface area (Å²) in [5.41, 5.74) is 0.969. The number of amides is 2. The normalized spacial score (nSPS) is 12.6. The quantitative estimate of drug-likeness (QED) is 0.655. The van der Waals surface area contributed by atoms with Crippen LogP contribution in [-0.2, 0) is 4.79 Å². The predicted octanol–water partition coefficient (Wildman–Crippen LogP) is 1.67. The minimum absolute atomic E-state index is 0.0338. The fourth-order valence-corrected chi connectivity index (χ4v) is 2.50. The van der Waals surface area contributed by atoms with Crippen LogP contribution in [0.1, 0.15) is 28.9 Å². The van der Waals surface area contributed by atoms with Gasteiger partial charge in [-0.1, -0.05) is 18.2 Å². The number of carbonyl (C=O) groups is 2. The van der Waals surface area contributed by atoms with Crippen LogP contribution < -0.4 is 20.1 Å². The Morgan fingerprint density at radius 3 is 2.41 bits per heavy atom. The van der Waals surface area contributed by atoms with Crippen LogP contribution in [0.15, 0.2) is 48.5 Å². The molecule has 0 radical (unpaired) electrons. The van der Waals surface area contributed by atoms with Crippen molar-refractivity contribution in [2.24, 2.45) is 0 Å². The van der Waals surface area contributed by atoms with Gasteiger partial charge in [-0.25, -0.2) is 0 Å². The summed E-state index contributed by atoms with van der Waals surface area (Å²) in [5, 5.41) is 15.7. The second-order valence-electron chi connectivity index (χ2n) is 5.93. The van der Waals surface area contributed by atoms with Crippen LogP contribution >= 0.6 is 0 Å². The van der Waals surface area contributed by atoms with Crippen molar-refractivity contribution < 1.29 is 24.2 Å². The number of hydrogen-bond donors (Lipinski definition) is 3. The van der Waals surface area contributed by atoms with Crippen molar-refractivity contribution in [3.8, 4) is 11.5 Å². The van der Waals surface area contributed by atoms with Crippen LogP contribution in [0.4, 0.5) is 0 Å². The maximum Gasteiger partial charge on any atom is 0.251 e. The fraction of sp³-hybridized carbons (Fsp3) is 0.300. The third kappa shape index (κ3) is 5.46. The summed E-state index contributed by atoms with van der Waals surface area (Å²) in [4.78, 5) is 24.3. The Labute approximate surface area is 158 Å². The molecule has 27 heavy (non-hydrogen) atoms. The maximum atomic E-state index is 12.2. The van der Waals surface area contributed by atoms with Crippen LogP contribution in [-0.4, -0.2) is 43.7 Å². The third-order valence-electron chi connectivity index (χ3n) is 4.04. The lowest BCUT2D eigenvalue weighted by atomic mass is 10.1. The molecule has 2 aromatic rings. The molecule has 2 amide bonds. The van der Waals surface area contributed by atoms with E-state index in [-0.39, 0.29) is 12.5 Å². The fourth-order valence-electron chi connectivity index (χ4n) is 2.50. The van der Waals surface area contributed by atoms with Gasteiger partial charge in [0.25, 0.3) is 5.91 Å². The van der Waals surface area contributed by atoms with Crippen LogP contribution in [0.2, 0.25) is 0 Å². The molecule has 0 aliphatic carbocycles. The van der Waals surface area contributed by atoms with Crippen molar-refractivity contribution in [3.05, 3.63) is 59.7 Å². The first-order chi connectivity index (χ1) is 13.0. The van der Waals surface area contributed by atoms with Crippen molar-refractivity contribution >= 4 is 11.8 Å². The maximum absolute atomic E-state index is 12.2. The highest BCUT2D eigenvalue weighted by Crippen LogP contribution is 2.29. The SMILES string of the molecule is COc1ccc(OC)c(C(O)CNC(=O)C(C)NC(=O)c2ccccc2)c1. The molecule has 0 aliphatic rings. The van der Waals surface area contributed by atoms with E-state index >= 15 is 0 Å². The van der Waals surface area contributed by atoms with E-state index in [2.05, 4.69) is 10.6 Å². The molecule has 0 aliphatic heterocycles. The Bertz CT molecular complexity index is 779. The molecule has 0 saturated heterocycles. The van der Waals surface area contributed by atoms with Crippen LogP contribution in [0, 0.1) is 0 Å². The Morgan fingerprint density at radius 1 is 1.07 bits per heavy atom. The number of ether oxygens (including phenoxy) is 2. The molecular formula is C20H24N2O5. The van der Waals surface area contributed by atoms with Crippen LogP contribution in [0.3, 0.4) is 0 Å². The first kappa shape index (κ1) is 20.3. The topological polar surface area (TPSA) is 96.9 Å². The van der Waals surface area contributed by atoms with Crippen molar-refractivity contribution in [2.45, 2.75) is 19.1 Å². The van der Waals surface area contributed by atoms with Gasteiger partial charge in [0.1, 0.15) is 17.5 Å². The van der Waals surface area contributed by atoms with Crippen molar-refractivity contribution in [1.29, 1.82) is 0 Å². The highest BCUT2D eigenvalue weighted by molar-refractivity contribution is 5.97. The highest BCUT2D eigenvalue weighted by atomic mass is 16.5. The number of aliphatic hydroxyl groups excluding tert-OH is 1. The van der Waals surface area contributed by atoms with Gasteiger partial charge in [-0.05, 0) is 37.3 Å². The van der Waals surface area contributed by atoms with E-state index < -0.39 is 18.1 Å². The van der Waals surface area contributed by atoms with E-state index in [4.69, 9.17) is 9.47 Å². The van der Waals surface area contributed by atoms with E-state index in [0.717, 1.165) is 0 Å². The van der Waals surface area contributed by atoms with E-state index in [9.17, 15) is 14.7 Å². The largest absolute Gasteiger partial charge is 0.497 e. The van der Waals surface area contributed by atoms with E-state index in [0.29, 0.717) is 22.6 Å². The second-order valence-corrected chi connectivity index (χ2v) is 5.93. The van der Waals surface area contributed by atoms with Crippen LogP contribution in [0.5, 0.6) is 11.5 Å². The van der Waals surface area contributed by atoms with Gasteiger partial charge in [0.05, 0.1) is 20.3 Å². The summed E-state index contributed by atoms with van der Waals surface area (Å²) >= 11 is 0. The number of aliphatic hydroxyl groups is 1. The van der Waals surface area contributed by atoms with Gasteiger partial charge in [-0.2, -0.15) is 0 Å². The Hall–Kier alpha value is -3.06. The first-order valence-corrected chi connectivity index (χ1v) is 8.50.